The molecular weight excluding hydrogens is 326 g/mol. The number of sulfone groups is 1. The van der Waals surface area contributed by atoms with E-state index in [1.807, 2.05) is 24.3 Å². The molecule has 6 nitrogen and oxygen atoms in total. The summed E-state index contributed by atoms with van der Waals surface area (Å²) in [5, 5.41) is 2.99. The number of anilines is 1. The van der Waals surface area contributed by atoms with E-state index in [9.17, 15) is 8.42 Å². The standard InChI is InChI=1S/C17H21N3O3S/c1-12-10-13(4-9-16(12)24(3,21)22)11-19-17(18)20-14-5-7-15(23-2)8-6-14/h4-10H,11H2,1-3H3,(H3,18,19,20). The van der Waals surface area contributed by atoms with Crippen molar-refractivity contribution in [1.82, 2.24) is 0 Å². The Morgan fingerprint density at radius 1 is 1.21 bits per heavy atom. The van der Waals surface area contributed by atoms with Crippen LogP contribution in [0.3, 0.4) is 0 Å². The van der Waals surface area contributed by atoms with Crippen LogP contribution in [0.4, 0.5) is 5.69 Å². The van der Waals surface area contributed by atoms with Gasteiger partial charge in [0.15, 0.2) is 15.8 Å². The van der Waals surface area contributed by atoms with Gasteiger partial charge in [0, 0.05) is 11.9 Å². The van der Waals surface area contributed by atoms with Crippen molar-refractivity contribution in [3.63, 3.8) is 0 Å². The first-order chi connectivity index (χ1) is 11.3. The van der Waals surface area contributed by atoms with Crippen LogP contribution in [0.2, 0.25) is 0 Å². The first kappa shape index (κ1) is 17.8. The number of nitrogens with zero attached hydrogens (tertiary/aromatic N) is 1. The molecular formula is C17H21N3O3S. The van der Waals surface area contributed by atoms with Gasteiger partial charge in [-0.1, -0.05) is 12.1 Å². The van der Waals surface area contributed by atoms with Crippen molar-refractivity contribution in [2.45, 2.75) is 18.4 Å². The third-order valence-electron chi connectivity index (χ3n) is 3.43. The summed E-state index contributed by atoms with van der Waals surface area (Å²) in [7, 11) is -1.60. The topological polar surface area (TPSA) is 93.8 Å². The average Bonchev–Trinajstić information content (AvgIpc) is 2.52. The maximum atomic E-state index is 11.6. The van der Waals surface area contributed by atoms with E-state index in [1.165, 1.54) is 6.26 Å². The average molecular weight is 347 g/mol. The zero-order chi connectivity index (χ0) is 17.7. The lowest BCUT2D eigenvalue weighted by atomic mass is 10.1. The maximum Gasteiger partial charge on any atom is 0.193 e. The summed E-state index contributed by atoms with van der Waals surface area (Å²) in [5.41, 5.74) is 8.27. The van der Waals surface area contributed by atoms with Crippen molar-refractivity contribution in [1.29, 1.82) is 0 Å². The molecule has 0 unspecified atom stereocenters. The lowest BCUT2D eigenvalue weighted by molar-refractivity contribution is 0.415. The van der Waals surface area contributed by atoms with Crippen molar-refractivity contribution in [3.8, 4) is 5.75 Å². The van der Waals surface area contributed by atoms with Crippen molar-refractivity contribution >= 4 is 21.5 Å². The van der Waals surface area contributed by atoms with Crippen molar-refractivity contribution in [3.05, 3.63) is 53.6 Å². The minimum absolute atomic E-state index is 0.282. The Bertz CT molecular complexity index is 844. The van der Waals surface area contributed by atoms with Crippen LogP contribution in [-0.2, 0) is 16.4 Å². The molecule has 0 atom stereocenters. The van der Waals surface area contributed by atoms with Gasteiger partial charge in [-0.25, -0.2) is 13.4 Å². The number of rotatable bonds is 5. The van der Waals surface area contributed by atoms with Crippen LogP contribution in [0, 0.1) is 6.92 Å². The van der Waals surface area contributed by atoms with E-state index in [1.54, 1.807) is 32.2 Å². The third kappa shape index (κ3) is 4.73. The Hall–Kier alpha value is -2.54. The number of nitrogens with one attached hydrogen (secondary N) is 1. The van der Waals surface area contributed by atoms with E-state index >= 15 is 0 Å². The summed E-state index contributed by atoms with van der Waals surface area (Å²) in [6.45, 7) is 2.13. The normalized spacial score (nSPS) is 12.0. The van der Waals surface area contributed by atoms with E-state index in [0.717, 1.165) is 17.0 Å². The second-order valence-corrected chi connectivity index (χ2v) is 7.41. The fourth-order valence-electron chi connectivity index (χ4n) is 2.26. The molecule has 2 aromatic rings. The first-order valence-corrected chi connectivity index (χ1v) is 9.19. The van der Waals surface area contributed by atoms with Crippen molar-refractivity contribution in [2.24, 2.45) is 10.7 Å². The second kappa shape index (κ2) is 7.35. The monoisotopic (exact) mass is 347 g/mol. The van der Waals surface area contributed by atoms with Gasteiger partial charge in [0.2, 0.25) is 0 Å². The summed E-state index contributed by atoms with van der Waals surface area (Å²) in [4.78, 5) is 4.60. The number of benzene rings is 2. The van der Waals surface area contributed by atoms with Crippen LogP contribution in [0.5, 0.6) is 5.75 Å². The van der Waals surface area contributed by atoms with Gasteiger partial charge in [-0.2, -0.15) is 0 Å². The fourth-order valence-corrected chi connectivity index (χ4v) is 3.22. The Morgan fingerprint density at radius 2 is 1.88 bits per heavy atom. The summed E-state index contributed by atoms with van der Waals surface area (Å²) in [6, 6.07) is 12.5. The van der Waals surface area contributed by atoms with Gasteiger partial charge in [-0.15, -0.1) is 0 Å². The van der Waals surface area contributed by atoms with E-state index in [0.29, 0.717) is 17.0 Å². The minimum atomic E-state index is -3.21. The molecule has 0 saturated carbocycles. The molecule has 7 heteroatoms. The number of aryl methyl sites for hydroxylation is 1. The molecule has 2 rings (SSSR count). The SMILES string of the molecule is COc1ccc(NC(N)=NCc2ccc(S(C)(=O)=O)c(C)c2)cc1. The number of ether oxygens (including phenoxy) is 1. The molecule has 0 fully saturated rings. The Labute approximate surface area is 142 Å². The van der Waals surface area contributed by atoms with Gasteiger partial charge in [0.05, 0.1) is 18.6 Å². The maximum absolute atomic E-state index is 11.6. The van der Waals surface area contributed by atoms with Crippen molar-refractivity contribution < 1.29 is 13.2 Å². The molecule has 0 aliphatic heterocycles. The largest absolute Gasteiger partial charge is 0.497 e. The lowest BCUT2D eigenvalue weighted by Crippen LogP contribution is -2.22. The first-order valence-electron chi connectivity index (χ1n) is 7.30. The number of hydrogen-bond donors (Lipinski definition) is 2. The van der Waals surface area contributed by atoms with Crippen LogP contribution >= 0.6 is 0 Å². The number of aliphatic imine (C=N–C) groups is 1. The summed E-state index contributed by atoms with van der Waals surface area (Å²) >= 11 is 0. The Kier molecular flexibility index (Phi) is 5.46. The highest BCUT2D eigenvalue weighted by Gasteiger charge is 2.10. The quantitative estimate of drug-likeness (QED) is 0.639. The predicted octanol–water partition coefficient (Wildman–Crippen LogP) is 2.33. The molecule has 0 bridgehead atoms. The van der Waals surface area contributed by atoms with Crippen molar-refractivity contribution in [2.75, 3.05) is 18.7 Å². The van der Waals surface area contributed by atoms with Crippen LogP contribution in [0.25, 0.3) is 0 Å². The highest BCUT2D eigenvalue weighted by Crippen LogP contribution is 2.17. The van der Waals surface area contributed by atoms with Gasteiger partial charge >= 0.3 is 0 Å². The molecule has 0 aromatic heterocycles. The van der Waals surface area contributed by atoms with E-state index in [4.69, 9.17) is 10.5 Å². The van der Waals surface area contributed by atoms with Gasteiger partial charge < -0.3 is 15.8 Å². The number of hydrogen-bond acceptors (Lipinski definition) is 4. The fraction of sp³-hybridized carbons (Fsp3) is 0.235. The molecule has 0 spiro atoms. The lowest BCUT2D eigenvalue weighted by Gasteiger charge is -2.08. The molecule has 3 N–H and O–H groups in total. The van der Waals surface area contributed by atoms with Gasteiger partial charge in [-0.05, 0) is 48.4 Å². The van der Waals surface area contributed by atoms with Crippen LogP contribution in [0.1, 0.15) is 11.1 Å². The zero-order valence-electron chi connectivity index (χ0n) is 13.9. The summed E-state index contributed by atoms with van der Waals surface area (Å²) in [5.74, 6) is 1.04. The zero-order valence-corrected chi connectivity index (χ0v) is 14.7. The minimum Gasteiger partial charge on any atom is -0.497 e. The highest BCUT2D eigenvalue weighted by atomic mass is 32.2. The molecule has 24 heavy (non-hydrogen) atoms. The van der Waals surface area contributed by atoms with E-state index in [2.05, 4.69) is 10.3 Å². The number of guanidine groups is 1. The van der Waals surface area contributed by atoms with Gasteiger partial charge in [0.25, 0.3) is 0 Å². The van der Waals surface area contributed by atoms with Crippen LogP contribution in [0.15, 0.2) is 52.4 Å². The summed E-state index contributed by atoms with van der Waals surface area (Å²) < 4.78 is 28.3. The van der Waals surface area contributed by atoms with E-state index in [-0.39, 0.29) is 5.96 Å². The smallest absolute Gasteiger partial charge is 0.193 e. The summed E-state index contributed by atoms with van der Waals surface area (Å²) in [6.07, 6.45) is 1.20. The molecule has 0 radical (unpaired) electrons. The molecule has 0 amide bonds. The Morgan fingerprint density at radius 3 is 2.42 bits per heavy atom. The molecule has 128 valence electrons. The molecule has 2 aromatic carbocycles. The molecule has 0 heterocycles. The van der Waals surface area contributed by atoms with Crippen LogP contribution in [-0.4, -0.2) is 27.7 Å². The molecule has 0 aliphatic rings. The van der Waals surface area contributed by atoms with Crippen LogP contribution < -0.4 is 15.8 Å². The number of nitrogens with two attached hydrogens (primary N) is 1. The highest BCUT2D eigenvalue weighted by molar-refractivity contribution is 7.90. The van der Waals surface area contributed by atoms with E-state index < -0.39 is 9.84 Å². The Balaban J connectivity index is 2.05. The third-order valence-corrected chi connectivity index (χ3v) is 4.69. The predicted molar refractivity (Wildman–Crippen MR) is 96.2 cm³/mol. The second-order valence-electron chi connectivity index (χ2n) is 5.43. The van der Waals surface area contributed by atoms with Gasteiger partial charge in [-0.3, -0.25) is 0 Å². The molecule has 0 saturated heterocycles. The molecule has 0 aliphatic carbocycles. The van der Waals surface area contributed by atoms with Gasteiger partial charge in [0.1, 0.15) is 5.75 Å². The number of methoxy groups -OCH3 is 1.